The third-order valence-corrected chi connectivity index (χ3v) is 2.00. The summed E-state index contributed by atoms with van der Waals surface area (Å²) in [5, 5.41) is 27.1. The number of nitriles is 1. The van der Waals surface area contributed by atoms with Crippen molar-refractivity contribution in [3.8, 4) is 6.07 Å². The van der Waals surface area contributed by atoms with Gasteiger partial charge in [-0.05, 0) is 6.07 Å². The van der Waals surface area contributed by atoms with Crippen LogP contribution in [0.1, 0.15) is 11.7 Å². The number of halogens is 1. The van der Waals surface area contributed by atoms with Crippen molar-refractivity contribution in [1.29, 1.82) is 5.26 Å². The highest BCUT2D eigenvalue weighted by atomic mass is 35.5. The molecule has 0 aliphatic rings. The highest BCUT2D eigenvalue weighted by Crippen LogP contribution is 2.24. The van der Waals surface area contributed by atoms with Gasteiger partial charge < -0.3 is 10.2 Å². The van der Waals surface area contributed by atoms with Crippen LogP contribution in [-0.2, 0) is 0 Å². The molecule has 0 heterocycles. The second-order valence-corrected chi connectivity index (χ2v) is 2.95. The van der Waals surface area contributed by atoms with E-state index in [2.05, 4.69) is 0 Å². The monoisotopic (exact) mass is 197 g/mol. The Bertz CT molecular complexity index is 335. The molecule has 2 atom stereocenters. The molecule has 0 radical (unpaired) electrons. The Morgan fingerprint density at radius 2 is 1.92 bits per heavy atom. The van der Waals surface area contributed by atoms with Crippen LogP contribution >= 0.6 is 11.6 Å². The smallest absolute Gasteiger partial charge is 0.170 e. The Kier molecular flexibility index (Phi) is 3.26. The molecular formula is C9H8ClNO2. The van der Waals surface area contributed by atoms with Crippen LogP contribution in [0.2, 0.25) is 5.02 Å². The molecule has 4 heteroatoms. The fraction of sp³-hybridized carbons (Fsp3) is 0.222. The normalized spacial score (nSPS) is 14.6. The zero-order valence-electron chi connectivity index (χ0n) is 6.68. The first-order valence-electron chi connectivity index (χ1n) is 3.67. The molecule has 0 aliphatic heterocycles. The molecular weight excluding hydrogens is 190 g/mol. The minimum atomic E-state index is -1.44. The summed E-state index contributed by atoms with van der Waals surface area (Å²) in [6.45, 7) is 0. The van der Waals surface area contributed by atoms with Gasteiger partial charge in [0.1, 0.15) is 6.10 Å². The molecule has 0 spiro atoms. The van der Waals surface area contributed by atoms with E-state index in [1.807, 2.05) is 0 Å². The van der Waals surface area contributed by atoms with Crippen LogP contribution in [0, 0.1) is 11.3 Å². The lowest BCUT2D eigenvalue weighted by Crippen LogP contribution is -2.15. The van der Waals surface area contributed by atoms with Crippen molar-refractivity contribution in [2.24, 2.45) is 0 Å². The van der Waals surface area contributed by atoms with Crippen LogP contribution in [-0.4, -0.2) is 16.3 Å². The highest BCUT2D eigenvalue weighted by Gasteiger charge is 2.19. The summed E-state index contributed by atoms with van der Waals surface area (Å²) in [5.74, 6) is 0. The standard InChI is InChI=1S/C9H8ClNO2/c10-7-4-2-1-3-6(7)9(13)8(12)5-11/h1-4,8-9,12-13H/t8-,9+/m1/s1. The molecule has 0 saturated heterocycles. The lowest BCUT2D eigenvalue weighted by Gasteiger charge is -2.12. The van der Waals surface area contributed by atoms with E-state index in [0.717, 1.165) is 0 Å². The third-order valence-electron chi connectivity index (χ3n) is 1.66. The summed E-state index contributed by atoms with van der Waals surface area (Å²) < 4.78 is 0. The fourth-order valence-electron chi connectivity index (χ4n) is 0.956. The average Bonchev–Trinajstić information content (AvgIpc) is 2.16. The van der Waals surface area contributed by atoms with Gasteiger partial charge in [-0.1, -0.05) is 29.8 Å². The first kappa shape index (κ1) is 10.0. The predicted molar refractivity (Wildman–Crippen MR) is 48.0 cm³/mol. The maximum absolute atomic E-state index is 9.41. The minimum absolute atomic E-state index is 0.337. The molecule has 0 unspecified atom stereocenters. The Labute approximate surface area is 80.8 Å². The molecule has 0 bridgehead atoms. The lowest BCUT2D eigenvalue weighted by molar-refractivity contribution is 0.0528. The number of aliphatic hydroxyl groups is 2. The Morgan fingerprint density at radius 3 is 2.46 bits per heavy atom. The fourth-order valence-corrected chi connectivity index (χ4v) is 1.20. The maximum atomic E-state index is 9.41. The van der Waals surface area contributed by atoms with Crippen LogP contribution < -0.4 is 0 Å². The first-order valence-corrected chi connectivity index (χ1v) is 4.04. The summed E-state index contributed by atoms with van der Waals surface area (Å²) >= 11 is 5.74. The van der Waals surface area contributed by atoms with Crippen LogP contribution in [0.25, 0.3) is 0 Å². The summed E-state index contributed by atoms with van der Waals surface area (Å²) in [7, 11) is 0. The van der Waals surface area contributed by atoms with Gasteiger partial charge in [0.2, 0.25) is 0 Å². The van der Waals surface area contributed by atoms with E-state index in [4.69, 9.17) is 22.0 Å². The van der Waals surface area contributed by atoms with Gasteiger partial charge in [0.15, 0.2) is 6.10 Å². The number of nitrogens with zero attached hydrogens (tertiary/aromatic N) is 1. The lowest BCUT2D eigenvalue weighted by atomic mass is 10.1. The van der Waals surface area contributed by atoms with Gasteiger partial charge >= 0.3 is 0 Å². The van der Waals surface area contributed by atoms with Gasteiger partial charge in [-0.25, -0.2) is 0 Å². The quantitative estimate of drug-likeness (QED) is 0.702. The maximum Gasteiger partial charge on any atom is 0.170 e. The zero-order chi connectivity index (χ0) is 9.84. The highest BCUT2D eigenvalue weighted by molar-refractivity contribution is 6.31. The second kappa shape index (κ2) is 4.24. The average molecular weight is 198 g/mol. The molecule has 3 nitrogen and oxygen atoms in total. The van der Waals surface area contributed by atoms with Crippen molar-refractivity contribution in [2.75, 3.05) is 0 Å². The molecule has 0 aromatic heterocycles. The van der Waals surface area contributed by atoms with Crippen LogP contribution in [0.15, 0.2) is 24.3 Å². The molecule has 13 heavy (non-hydrogen) atoms. The molecule has 0 amide bonds. The van der Waals surface area contributed by atoms with E-state index in [-0.39, 0.29) is 0 Å². The predicted octanol–water partition coefficient (Wildman–Crippen LogP) is 1.26. The van der Waals surface area contributed by atoms with E-state index in [9.17, 15) is 5.11 Å². The molecule has 0 fully saturated rings. The van der Waals surface area contributed by atoms with Crippen LogP contribution in [0.3, 0.4) is 0 Å². The number of aliphatic hydroxyl groups excluding tert-OH is 2. The van der Waals surface area contributed by atoms with Crippen LogP contribution in [0.4, 0.5) is 0 Å². The molecule has 1 aromatic rings. The summed E-state index contributed by atoms with van der Waals surface area (Å²) in [5.41, 5.74) is 0.359. The summed E-state index contributed by atoms with van der Waals surface area (Å²) in [4.78, 5) is 0. The van der Waals surface area contributed by atoms with Crippen molar-refractivity contribution in [1.82, 2.24) is 0 Å². The number of rotatable bonds is 2. The van der Waals surface area contributed by atoms with Gasteiger partial charge in [-0.15, -0.1) is 0 Å². The van der Waals surface area contributed by atoms with Crippen molar-refractivity contribution in [3.63, 3.8) is 0 Å². The van der Waals surface area contributed by atoms with E-state index in [1.165, 1.54) is 6.07 Å². The van der Waals surface area contributed by atoms with Gasteiger partial charge in [0, 0.05) is 10.6 Å². The molecule has 1 rings (SSSR count). The Hall–Kier alpha value is -1.08. The van der Waals surface area contributed by atoms with Crippen molar-refractivity contribution < 1.29 is 10.2 Å². The SMILES string of the molecule is N#C[C@@H](O)[C@@H](O)c1ccccc1Cl. The number of hydrogen-bond donors (Lipinski definition) is 2. The molecule has 1 aromatic carbocycles. The Morgan fingerprint density at radius 1 is 1.31 bits per heavy atom. The van der Waals surface area contributed by atoms with Gasteiger partial charge in [0.05, 0.1) is 6.07 Å². The third kappa shape index (κ3) is 2.19. The summed E-state index contributed by atoms with van der Waals surface area (Å²) in [6, 6.07) is 8.07. The van der Waals surface area contributed by atoms with Crippen LogP contribution in [0.5, 0.6) is 0 Å². The molecule has 68 valence electrons. The van der Waals surface area contributed by atoms with E-state index in [1.54, 1.807) is 24.3 Å². The van der Waals surface area contributed by atoms with E-state index >= 15 is 0 Å². The van der Waals surface area contributed by atoms with Crippen molar-refractivity contribution in [3.05, 3.63) is 34.9 Å². The van der Waals surface area contributed by atoms with Gasteiger partial charge in [0.25, 0.3) is 0 Å². The number of benzene rings is 1. The van der Waals surface area contributed by atoms with Gasteiger partial charge in [-0.2, -0.15) is 5.26 Å². The van der Waals surface area contributed by atoms with E-state index < -0.39 is 12.2 Å². The van der Waals surface area contributed by atoms with Crippen molar-refractivity contribution >= 4 is 11.6 Å². The van der Waals surface area contributed by atoms with E-state index in [0.29, 0.717) is 10.6 Å². The largest absolute Gasteiger partial charge is 0.384 e. The molecule has 2 N–H and O–H groups in total. The molecule has 0 aliphatic carbocycles. The van der Waals surface area contributed by atoms with Crippen molar-refractivity contribution in [2.45, 2.75) is 12.2 Å². The molecule has 0 saturated carbocycles. The minimum Gasteiger partial charge on any atom is -0.384 e. The summed E-state index contributed by atoms with van der Waals surface area (Å²) in [6.07, 6.45) is -2.70. The Balaban J connectivity index is 2.96. The number of hydrogen-bond acceptors (Lipinski definition) is 3. The second-order valence-electron chi connectivity index (χ2n) is 2.54. The first-order chi connectivity index (χ1) is 6.16. The zero-order valence-corrected chi connectivity index (χ0v) is 7.44. The topological polar surface area (TPSA) is 64.2 Å². The van der Waals surface area contributed by atoms with Gasteiger partial charge in [-0.3, -0.25) is 0 Å².